The van der Waals surface area contributed by atoms with Crippen molar-refractivity contribution in [2.24, 2.45) is 11.1 Å². The van der Waals surface area contributed by atoms with Gasteiger partial charge in [-0.3, -0.25) is 4.79 Å². The van der Waals surface area contributed by atoms with Crippen LogP contribution in [0, 0.1) is 5.41 Å². The number of hydrogen-bond donors (Lipinski definition) is 1. The van der Waals surface area contributed by atoms with Crippen LogP contribution in [0.1, 0.15) is 31.9 Å². The molecule has 20 heavy (non-hydrogen) atoms. The second kappa shape index (κ2) is 5.63. The molecule has 0 heterocycles. The fourth-order valence-electron chi connectivity index (χ4n) is 2.59. The summed E-state index contributed by atoms with van der Waals surface area (Å²) < 4.78 is 4.84. The van der Waals surface area contributed by atoms with Crippen LogP contribution in [-0.2, 0) is 9.53 Å². The van der Waals surface area contributed by atoms with Gasteiger partial charge in [-0.25, -0.2) is 0 Å². The van der Waals surface area contributed by atoms with Crippen molar-refractivity contribution in [3.05, 3.63) is 48.0 Å². The zero-order chi connectivity index (χ0) is 14.8. The number of nitrogens with two attached hydrogens (primary N) is 1. The number of esters is 1. The van der Waals surface area contributed by atoms with Gasteiger partial charge >= 0.3 is 5.97 Å². The minimum absolute atomic E-state index is 0.199. The predicted octanol–water partition coefficient (Wildman–Crippen LogP) is 3.43. The summed E-state index contributed by atoms with van der Waals surface area (Å²) in [7, 11) is 1.41. The second-order valence-electron chi connectivity index (χ2n) is 5.75. The average molecular weight is 271 g/mol. The predicted molar refractivity (Wildman–Crippen MR) is 81.3 cm³/mol. The molecule has 2 aromatic rings. The van der Waals surface area contributed by atoms with E-state index in [0.717, 1.165) is 16.3 Å². The summed E-state index contributed by atoms with van der Waals surface area (Å²) in [5, 5.41) is 2.31. The zero-order valence-corrected chi connectivity index (χ0v) is 12.2. The Morgan fingerprint density at radius 1 is 1.20 bits per heavy atom. The van der Waals surface area contributed by atoms with Gasteiger partial charge in [-0.2, -0.15) is 0 Å². The maximum atomic E-state index is 11.8. The molecule has 3 nitrogen and oxygen atoms in total. The van der Waals surface area contributed by atoms with E-state index < -0.39 is 5.41 Å². The molecule has 0 aliphatic heterocycles. The molecule has 1 atom stereocenters. The number of fused-ring (bicyclic) bond motifs is 1. The summed E-state index contributed by atoms with van der Waals surface area (Å²) in [6, 6.07) is 14.0. The van der Waals surface area contributed by atoms with E-state index >= 15 is 0 Å². The molecule has 0 aromatic heterocycles. The van der Waals surface area contributed by atoms with E-state index in [1.165, 1.54) is 7.11 Å². The Labute approximate surface area is 119 Å². The molecule has 0 saturated heterocycles. The molecule has 0 radical (unpaired) electrons. The lowest BCUT2D eigenvalue weighted by Crippen LogP contribution is -2.30. The number of rotatable bonds is 4. The van der Waals surface area contributed by atoms with Crippen molar-refractivity contribution in [3.8, 4) is 0 Å². The zero-order valence-electron chi connectivity index (χ0n) is 12.2. The Kier molecular flexibility index (Phi) is 4.09. The lowest BCUT2D eigenvalue weighted by molar-refractivity contribution is -0.151. The minimum Gasteiger partial charge on any atom is -0.469 e. The van der Waals surface area contributed by atoms with Crippen LogP contribution in [-0.4, -0.2) is 13.1 Å². The van der Waals surface area contributed by atoms with E-state index in [0.29, 0.717) is 6.42 Å². The maximum Gasteiger partial charge on any atom is 0.311 e. The van der Waals surface area contributed by atoms with Gasteiger partial charge in [-0.1, -0.05) is 42.5 Å². The van der Waals surface area contributed by atoms with Gasteiger partial charge in [-0.15, -0.1) is 0 Å². The summed E-state index contributed by atoms with van der Waals surface area (Å²) in [6.45, 7) is 3.73. The minimum atomic E-state index is -0.592. The maximum absolute atomic E-state index is 11.8. The monoisotopic (exact) mass is 271 g/mol. The van der Waals surface area contributed by atoms with E-state index in [9.17, 15) is 4.79 Å². The number of benzene rings is 2. The first kappa shape index (κ1) is 14.5. The molecule has 0 amide bonds. The van der Waals surface area contributed by atoms with E-state index in [-0.39, 0.29) is 12.0 Å². The normalized spacial score (nSPS) is 13.2. The molecule has 2 aromatic carbocycles. The number of ether oxygens (including phenoxy) is 1. The molecular formula is C17H21NO2. The molecule has 3 heteroatoms. The highest BCUT2D eigenvalue weighted by Gasteiger charge is 2.31. The molecule has 106 valence electrons. The fraction of sp³-hybridized carbons (Fsp3) is 0.353. The third kappa shape index (κ3) is 2.83. The largest absolute Gasteiger partial charge is 0.469 e. The summed E-state index contributed by atoms with van der Waals surface area (Å²) in [5.74, 6) is -0.229. The van der Waals surface area contributed by atoms with Crippen molar-refractivity contribution < 1.29 is 9.53 Å². The highest BCUT2D eigenvalue weighted by atomic mass is 16.5. The van der Waals surface area contributed by atoms with Gasteiger partial charge < -0.3 is 10.5 Å². The first-order valence-electron chi connectivity index (χ1n) is 6.77. The van der Waals surface area contributed by atoms with Gasteiger partial charge in [0.15, 0.2) is 0 Å². The Morgan fingerprint density at radius 2 is 1.85 bits per heavy atom. The highest BCUT2D eigenvalue weighted by molar-refractivity contribution is 5.86. The summed E-state index contributed by atoms with van der Waals surface area (Å²) in [6.07, 6.45) is 0.549. The molecule has 0 aliphatic carbocycles. The van der Waals surface area contributed by atoms with Crippen LogP contribution in [0.2, 0.25) is 0 Å². The topological polar surface area (TPSA) is 52.3 Å². The molecule has 0 fully saturated rings. The van der Waals surface area contributed by atoms with Crippen LogP contribution in [0.5, 0.6) is 0 Å². The van der Waals surface area contributed by atoms with Crippen LogP contribution in [0.4, 0.5) is 0 Å². The van der Waals surface area contributed by atoms with Crippen LogP contribution >= 0.6 is 0 Å². The van der Waals surface area contributed by atoms with Crippen LogP contribution < -0.4 is 5.73 Å². The molecular weight excluding hydrogens is 250 g/mol. The van der Waals surface area contributed by atoms with E-state index in [1.807, 2.05) is 38.1 Å². The average Bonchev–Trinajstić information content (AvgIpc) is 2.45. The first-order valence-corrected chi connectivity index (χ1v) is 6.77. The standard InChI is InChI=1S/C17H21NO2/c1-17(2,16(19)20-3)11-15(18)14-10-6-8-12-7-4-5-9-13(12)14/h4-10,15H,11,18H2,1-3H3. The summed E-state index contributed by atoms with van der Waals surface area (Å²) in [5.41, 5.74) is 6.81. The fourth-order valence-corrected chi connectivity index (χ4v) is 2.59. The van der Waals surface area contributed by atoms with E-state index in [1.54, 1.807) is 0 Å². The molecule has 0 aliphatic rings. The Morgan fingerprint density at radius 3 is 2.55 bits per heavy atom. The van der Waals surface area contributed by atoms with Crippen LogP contribution in [0.3, 0.4) is 0 Å². The van der Waals surface area contributed by atoms with Gasteiger partial charge in [0.2, 0.25) is 0 Å². The van der Waals surface area contributed by atoms with Gasteiger partial charge in [0, 0.05) is 6.04 Å². The van der Waals surface area contributed by atoms with Gasteiger partial charge in [0.05, 0.1) is 12.5 Å². The van der Waals surface area contributed by atoms with E-state index in [4.69, 9.17) is 10.5 Å². The Balaban J connectivity index is 2.32. The van der Waals surface area contributed by atoms with Crippen molar-refractivity contribution in [1.82, 2.24) is 0 Å². The molecule has 1 unspecified atom stereocenters. The lowest BCUT2D eigenvalue weighted by Gasteiger charge is -2.26. The molecule has 0 spiro atoms. The Hall–Kier alpha value is -1.87. The second-order valence-corrected chi connectivity index (χ2v) is 5.75. The quantitative estimate of drug-likeness (QED) is 0.867. The third-order valence-corrected chi connectivity index (χ3v) is 3.69. The summed E-state index contributed by atoms with van der Waals surface area (Å²) >= 11 is 0. The van der Waals surface area contributed by atoms with Gasteiger partial charge in [-0.05, 0) is 36.6 Å². The van der Waals surface area contributed by atoms with Crippen molar-refractivity contribution >= 4 is 16.7 Å². The van der Waals surface area contributed by atoms with Gasteiger partial charge in [0.25, 0.3) is 0 Å². The number of methoxy groups -OCH3 is 1. The molecule has 0 saturated carbocycles. The van der Waals surface area contributed by atoms with Crippen molar-refractivity contribution in [2.45, 2.75) is 26.3 Å². The van der Waals surface area contributed by atoms with Crippen LogP contribution in [0.25, 0.3) is 10.8 Å². The van der Waals surface area contributed by atoms with E-state index in [2.05, 4.69) is 18.2 Å². The molecule has 0 bridgehead atoms. The van der Waals surface area contributed by atoms with Gasteiger partial charge in [0.1, 0.15) is 0 Å². The van der Waals surface area contributed by atoms with Crippen molar-refractivity contribution in [1.29, 1.82) is 0 Å². The van der Waals surface area contributed by atoms with Crippen LogP contribution in [0.15, 0.2) is 42.5 Å². The molecule has 2 N–H and O–H groups in total. The molecule has 2 rings (SSSR count). The van der Waals surface area contributed by atoms with Crippen molar-refractivity contribution in [3.63, 3.8) is 0 Å². The summed E-state index contributed by atoms with van der Waals surface area (Å²) in [4.78, 5) is 11.8. The number of carbonyl (C=O) groups is 1. The third-order valence-electron chi connectivity index (χ3n) is 3.69. The first-order chi connectivity index (χ1) is 9.45. The number of carbonyl (C=O) groups excluding carboxylic acids is 1. The smallest absolute Gasteiger partial charge is 0.311 e. The van der Waals surface area contributed by atoms with Crippen molar-refractivity contribution in [2.75, 3.05) is 7.11 Å². The SMILES string of the molecule is COC(=O)C(C)(C)CC(N)c1cccc2ccccc12. The Bertz CT molecular complexity index is 614. The highest BCUT2D eigenvalue weighted by Crippen LogP contribution is 2.32. The number of hydrogen-bond acceptors (Lipinski definition) is 3. The lowest BCUT2D eigenvalue weighted by atomic mass is 9.83.